The monoisotopic (exact) mass is 480 g/mol. The van der Waals surface area contributed by atoms with E-state index in [2.05, 4.69) is 0 Å². The Labute approximate surface area is 201 Å². The summed E-state index contributed by atoms with van der Waals surface area (Å²) in [7, 11) is 0. The average Bonchev–Trinajstić information content (AvgIpc) is 3.37. The summed E-state index contributed by atoms with van der Waals surface area (Å²) in [5.41, 5.74) is 1.79. The van der Waals surface area contributed by atoms with Crippen LogP contribution in [-0.4, -0.2) is 30.3 Å². The van der Waals surface area contributed by atoms with E-state index in [1.807, 2.05) is 47.8 Å². The standard InChI is InChI=1S/C27H25FO5S/c28-23-12-10-21(11-13-23)8-4-15-33-26(29)19-22(27(30)31)18-24(25-9-5-17-34-25)32-16-14-20-6-2-1-3-7-20/h1-13,17,19,24H,14-16,18H2,(H,30,31)/b8-4?,22-19-. The van der Waals surface area contributed by atoms with Crippen molar-refractivity contribution in [1.82, 2.24) is 0 Å². The molecule has 0 amide bonds. The van der Waals surface area contributed by atoms with Gasteiger partial charge in [-0.3, -0.25) is 0 Å². The molecule has 176 valence electrons. The molecule has 1 aromatic heterocycles. The maximum absolute atomic E-state index is 12.9. The zero-order chi connectivity index (χ0) is 24.2. The second kappa shape index (κ2) is 13.2. The smallest absolute Gasteiger partial charge is 0.331 e. The van der Waals surface area contributed by atoms with Crippen LogP contribution < -0.4 is 0 Å². The van der Waals surface area contributed by atoms with Crippen LogP contribution in [0.2, 0.25) is 0 Å². The van der Waals surface area contributed by atoms with Crippen LogP contribution in [0.25, 0.3) is 6.08 Å². The van der Waals surface area contributed by atoms with Gasteiger partial charge < -0.3 is 14.6 Å². The van der Waals surface area contributed by atoms with E-state index in [0.717, 1.165) is 22.1 Å². The van der Waals surface area contributed by atoms with Crippen molar-refractivity contribution < 1.29 is 28.6 Å². The van der Waals surface area contributed by atoms with Crippen molar-refractivity contribution in [1.29, 1.82) is 0 Å². The van der Waals surface area contributed by atoms with E-state index >= 15 is 0 Å². The molecule has 0 radical (unpaired) electrons. The van der Waals surface area contributed by atoms with Gasteiger partial charge in [0.1, 0.15) is 12.4 Å². The zero-order valence-electron chi connectivity index (χ0n) is 18.4. The Balaban J connectivity index is 1.58. The van der Waals surface area contributed by atoms with Gasteiger partial charge in [0, 0.05) is 22.9 Å². The lowest BCUT2D eigenvalue weighted by atomic mass is 10.1. The average molecular weight is 481 g/mol. The number of carboxylic acid groups (broad SMARTS) is 1. The van der Waals surface area contributed by atoms with Crippen LogP contribution in [0.3, 0.4) is 0 Å². The summed E-state index contributed by atoms with van der Waals surface area (Å²) in [6.45, 7) is 0.375. The Kier molecular flexibility index (Phi) is 9.76. The van der Waals surface area contributed by atoms with Crippen LogP contribution in [0.5, 0.6) is 0 Å². The maximum atomic E-state index is 12.9. The number of rotatable bonds is 12. The summed E-state index contributed by atoms with van der Waals surface area (Å²) in [5, 5.41) is 11.5. The van der Waals surface area contributed by atoms with Gasteiger partial charge in [0.25, 0.3) is 0 Å². The van der Waals surface area contributed by atoms with Gasteiger partial charge in [0.15, 0.2) is 0 Å². The number of aliphatic carboxylic acids is 1. The highest BCUT2D eigenvalue weighted by Gasteiger charge is 2.20. The lowest BCUT2D eigenvalue weighted by Gasteiger charge is -2.17. The van der Waals surface area contributed by atoms with Crippen LogP contribution in [0.15, 0.2) is 89.8 Å². The lowest BCUT2D eigenvalue weighted by Crippen LogP contribution is -2.13. The number of carbonyl (C=O) groups is 2. The van der Waals surface area contributed by atoms with Gasteiger partial charge in [-0.25, -0.2) is 14.0 Å². The summed E-state index contributed by atoms with van der Waals surface area (Å²) in [6.07, 6.45) is 4.51. The van der Waals surface area contributed by atoms with E-state index in [-0.39, 0.29) is 24.4 Å². The van der Waals surface area contributed by atoms with Crippen molar-refractivity contribution in [2.45, 2.75) is 18.9 Å². The second-order valence-corrected chi connectivity index (χ2v) is 8.35. The first-order chi connectivity index (χ1) is 16.5. The van der Waals surface area contributed by atoms with Gasteiger partial charge in [0.05, 0.1) is 12.7 Å². The molecule has 1 N–H and O–H groups in total. The molecule has 0 fully saturated rings. The third-order valence-electron chi connectivity index (χ3n) is 4.89. The fraction of sp³-hybridized carbons (Fsp3) is 0.185. The van der Waals surface area contributed by atoms with Crippen LogP contribution >= 0.6 is 11.3 Å². The van der Waals surface area contributed by atoms with E-state index in [4.69, 9.17) is 9.47 Å². The molecule has 1 atom stereocenters. The normalized spacial score (nSPS) is 12.6. The number of carboxylic acids is 1. The number of halogens is 1. The Morgan fingerprint density at radius 1 is 1.03 bits per heavy atom. The van der Waals surface area contributed by atoms with E-state index in [1.54, 1.807) is 24.3 Å². The Morgan fingerprint density at radius 3 is 2.47 bits per heavy atom. The number of hydrogen-bond donors (Lipinski definition) is 1. The first-order valence-corrected chi connectivity index (χ1v) is 11.6. The molecule has 0 bridgehead atoms. The number of esters is 1. The van der Waals surface area contributed by atoms with Gasteiger partial charge in [-0.2, -0.15) is 0 Å². The number of ether oxygens (including phenoxy) is 2. The van der Waals surface area contributed by atoms with Gasteiger partial charge in [0.2, 0.25) is 0 Å². The number of thiophene rings is 1. The Bertz CT molecular complexity index is 1110. The van der Waals surface area contributed by atoms with Gasteiger partial charge in [-0.15, -0.1) is 11.3 Å². The van der Waals surface area contributed by atoms with Crippen molar-refractivity contribution in [2.24, 2.45) is 0 Å². The van der Waals surface area contributed by atoms with Gasteiger partial charge in [-0.05, 0) is 47.2 Å². The fourth-order valence-electron chi connectivity index (χ4n) is 3.16. The maximum Gasteiger partial charge on any atom is 0.331 e. The molecule has 7 heteroatoms. The van der Waals surface area contributed by atoms with E-state index in [9.17, 15) is 19.1 Å². The minimum Gasteiger partial charge on any atom is -0.478 e. The summed E-state index contributed by atoms with van der Waals surface area (Å²) in [5.74, 6) is -2.29. The zero-order valence-corrected chi connectivity index (χ0v) is 19.2. The van der Waals surface area contributed by atoms with Crippen LogP contribution in [-0.2, 0) is 25.5 Å². The van der Waals surface area contributed by atoms with Crippen molar-refractivity contribution in [2.75, 3.05) is 13.2 Å². The molecular weight excluding hydrogens is 455 g/mol. The minimum atomic E-state index is -1.20. The third-order valence-corrected chi connectivity index (χ3v) is 5.85. The molecule has 3 aromatic rings. The van der Waals surface area contributed by atoms with Crippen molar-refractivity contribution >= 4 is 29.4 Å². The highest BCUT2D eigenvalue weighted by atomic mass is 32.1. The minimum absolute atomic E-state index is 0.0329. The molecule has 5 nitrogen and oxygen atoms in total. The quantitative estimate of drug-likeness (QED) is 0.260. The largest absolute Gasteiger partial charge is 0.478 e. The van der Waals surface area contributed by atoms with Crippen molar-refractivity contribution in [3.05, 3.63) is 112 Å². The molecule has 0 aliphatic carbocycles. The molecule has 34 heavy (non-hydrogen) atoms. The SMILES string of the molecule is O=C(/C=C(/CC(OCCc1ccccc1)c1cccs1)C(=O)O)OCC=Cc1ccc(F)cc1. The molecule has 3 rings (SSSR count). The Hall–Kier alpha value is -3.55. The fourth-order valence-corrected chi connectivity index (χ4v) is 3.93. The molecule has 0 aliphatic heterocycles. The van der Waals surface area contributed by atoms with Crippen molar-refractivity contribution in [3.63, 3.8) is 0 Å². The number of hydrogen-bond acceptors (Lipinski definition) is 5. The van der Waals surface area contributed by atoms with Crippen LogP contribution in [0, 0.1) is 5.82 Å². The predicted molar refractivity (Wildman–Crippen MR) is 130 cm³/mol. The molecule has 0 spiro atoms. The molecule has 1 unspecified atom stereocenters. The van der Waals surface area contributed by atoms with Gasteiger partial charge in [-0.1, -0.05) is 54.6 Å². The van der Waals surface area contributed by atoms with Crippen LogP contribution in [0.1, 0.15) is 28.5 Å². The number of carbonyl (C=O) groups excluding carboxylic acids is 1. The lowest BCUT2D eigenvalue weighted by molar-refractivity contribution is -0.138. The predicted octanol–water partition coefficient (Wildman–Crippen LogP) is 5.85. The first kappa shape index (κ1) is 25.1. The topological polar surface area (TPSA) is 72.8 Å². The third kappa shape index (κ3) is 8.42. The van der Waals surface area contributed by atoms with E-state index < -0.39 is 18.0 Å². The second-order valence-electron chi connectivity index (χ2n) is 7.37. The summed E-state index contributed by atoms with van der Waals surface area (Å²) in [6, 6.07) is 19.5. The molecule has 0 saturated heterocycles. The molecular formula is C27H25FO5S. The highest BCUT2D eigenvalue weighted by Crippen LogP contribution is 2.29. The summed E-state index contributed by atoms with van der Waals surface area (Å²) in [4.78, 5) is 24.9. The van der Waals surface area contributed by atoms with Crippen molar-refractivity contribution in [3.8, 4) is 0 Å². The van der Waals surface area contributed by atoms with Crippen LogP contribution in [0.4, 0.5) is 4.39 Å². The summed E-state index contributed by atoms with van der Waals surface area (Å²) < 4.78 is 24.1. The summed E-state index contributed by atoms with van der Waals surface area (Å²) >= 11 is 1.47. The Morgan fingerprint density at radius 2 is 1.79 bits per heavy atom. The molecule has 1 heterocycles. The number of benzene rings is 2. The van der Waals surface area contributed by atoms with E-state index in [0.29, 0.717) is 13.0 Å². The van der Waals surface area contributed by atoms with E-state index in [1.165, 1.54) is 23.5 Å². The first-order valence-electron chi connectivity index (χ1n) is 10.7. The highest BCUT2D eigenvalue weighted by molar-refractivity contribution is 7.10. The molecule has 0 aliphatic rings. The molecule has 2 aromatic carbocycles. The van der Waals surface area contributed by atoms with Gasteiger partial charge >= 0.3 is 11.9 Å². The molecule has 0 saturated carbocycles.